The van der Waals surface area contributed by atoms with E-state index >= 15 is 0 Å². The number of rotatable bonds is 4. The molecule has 0 aromatic carbocycles. The molecular weight excluding hydrogens is 174 g/mol. The molecule has 0 spiro atoms. The Morgan fingerprint density at radius 2 is 2.00 bits per heavy atom. The molecule has 1 N–H and O–H groups in total. The highest BCUT2D eigenvalue weighted by atomic mass is 19.3. The number of ether oxygens (including phenoxy) is 1. The molecule has 0 aliphatic rings. The number of carboxylic acid groups (broad SMARTS) is 1. The second-order valence-electron chi connectivity index (χ2n) is 1.69. The zero-order chi connectivity index (χ0) is 9.56. The number of alkyl halides is 2. The van der Waals surface area contributed by atoms with E-state index in [4.69, 9.17) is 5.11 Å². The van der Waals surface area contributed by atoms with Gasteiger partial charge in [0, 0.05) is 12.2 Å². The molecule has 0 atom stereocenters. The summed E-state index contributed by atoms with van der Waals surface area (Å²) in [6, 6.07) is 0. The molecule has 0 radical (unpaired) electrons. The van der Waals surface area contributed by atoms with Crippen molar-refractivity contribution in [3.8, 4) is 0 Å². The van der Waals surface area contributed by atoms with E-state index in [0.29, 0.717) is 12.2 Å². The Hall–Kier alpha value is -1.46. The molecule has 6 heteroatoms. The Morgan fingerprint density at radius 1 is 1.42 bits per heavy atom. The van der Waals surface area contributed by atoms with Gasteiger partial charge in [-0.1, -0.05) is 0 Å². The van der Waals surface area contributed by atoms with Crippen LogP contribution in [0.25, 0.3) is 0 Å². The number of esters is 1. The Morgan fingerprint density at radius 3 is 2.42 bits per heavy atom. The second-order valence-corrected chi connectivity index (χ2v) is 1.69. The van der Waals surface area contributed by atoms with E-state index < -0.39 is 25.0 Å². The van der Waals surface area contributed by atoms with Crippen LogP contribution in [-0.4, -0.2) is 30.1 Å². The molecule has 0 aromatic heterocycles. The molecule has 0 aliphatic carbocycles. The van der Waals surface area contributed by atoms with Crippen molar-refractivity contribution in [3.63, 3.8) is 0 Å². The van der Waals surface area contributed by atoms with Gasteiger partial charge in [0.25, 0.3) is 6.43 Å². The van der Waals surface area contributed by atoms with Gasteiger partial charge in [0.1, 0.15) is 0 Å². The third kappa shape index (κ3) is 6.66. The highest BCUT2D eigenvalue weighted by Crippen LogP contribution is 1.93. The number of carbonyl (C=O) groups excluding carboxylic acids is 1. The van der Waals surface area contributed by atoms with Gasteiger partial charge in [0.2, 0.25) is 0 Å². The fourth-order valence-corrected chi connectivity index (χ4v) is 0.333. The Kier molecular flexibility index (Phi) is 4.59. The van der Waals surface area contributed by atoms with Crippen LogP contribution in [0.4, 0.5) is 8.78 Å². The van der Waals surface area contributed by atoms with Crippen LogP contribution in [-0.2, 0) is 14.3 Å². The molecule has 12 heavy (non-hydrogen) atoms. The first-order valence-corrected chi connectivity index (χ1v) is 2.88. The monoisotopic (exact) mass is 180 g/mol. The highest BCUT2D eigenvalue weighted by molar-refractivity contribution is 5.90. The third-order valence-electron chi connectivity index (χ3n) is 0.714. The molecular formula is C6H6F2O4. The molecule has 0 fully saturated rings. The van der Waals surface area contributed by atoms with Gasteiger partial charge in [-0.05, 0) is 0 Å². The molecule has 0 unspecified atom stereocenters. The van der Waals surface area contributed by atoms with Crippen molar-refractivity contribution in [1.82, 2.24) is 0 Å². The van der Waals surface area contributed by atoms with E-state index in [1.165, 1.54) is 0 Å². The number of hydrogen-bond acceptors (Lipinski definition) is 3. The lowest BCUT2D eigenvalue weighted by atomic mass is 10.5. The summed E-state index contributed by atoms with van der Waals surface area (Å²) < 4.78 is 26.7. The van der Waals surface area contributed by atoms with Crippen molar-refractivity contribution in [1.29, 1.82) is 0 Å². The van der Waals surface area contributed by atoms with Gasteiger partial charge in [-0.15, -0.1) is 0 Å². The summed E-state index contributed by atoms with van der Waals surface area (Å²) in [5.74, 6) is -2.44. The van der Waals surface area contributed by atoms with Gasteiger partial charge in [0.15, 0.2) is 6.61 Å². The molecule has 68 valence electrons. The lowest BCUT2D eigenvalue weighted by molar-refractivity contribution is -0.142. The first-order valence-electron chi connectivity index (χ1n) is 2.88. The van der Waals surface area contributed by atoms with Crippen molar-refractivity contribution < 1.29 is 28.2 Å². The van der Waals surface area contributed by atoms with Crippen LogP contribution in [0.5, 0.6) is 0 Å². The Labute approximate surface area is 66.4 Å². The normalized spacial score (nSPS) is 10.6. The van der Waals surface area contributed by atoms with E-state index in [-0.39, 0.29) is 0 Å². The molecule has 0 aliphatic heterocycles. The minimum atomic E-state index is -2.74. The van der Waals surface area contributed by atoms with Crippen LogP contribution < -0.4 is 0 Å². The second kappa shape index (κ2) is 5.22. The molecule has 0 saturated carbocycles. The Balaban J connectivity index is 3.67. The van der Waals surface area contributed by atoms with Crippen LogP contribution in [0.2, 0.25) is 0 Å². The fourth-order valence-electron chi connectivity index (χ4n) is 0.333. The van der Waals surface area contributed by atoms with Crippen molar-refractivity contribution >= 4 is 11.9 Å². The first kappa shape index (κ1) is 10.5. The SMILES string of the molecule is O=C(O)/C=C/C(=O)OCC(F)F. The first-order chi connectivity index (χ1) is 5.52. The average Bonchev–Trinajstić information content (AvgIpc) is 1.96. The van der Waals surface area contributed by atoms with E-state index in [1.807, 2.05) is 0 Å². The largest absolute Gasteiger partial charge is 0.478 e. The molecule has 0 rings (SSSR count). The molecule has 0 aromatic rings. The topological polar surface area (TPSA) is 63.6 Å². The van der Waals surface area contributed by atoms with Crippen LogP contribution >= 0.6 is 0 Å². The number of carbonyl (C=O) groups is 2. The number of aliphatic carboxylic acids is 1. The minimum Gasteiger partial charge on any atom is -0.478 e. The molecule has 0 amide bonds. The maximum absolute atomic E-state index is 11.4. The number of hydrogen-bond donors (Lipinski definition) is 1. The van der Waals surface area contributed by atoms with Crippen molar-refractivity contribution in [2.75, 3.05) is 6.61 Å². The minimum absolute atomic E-state index is 0.508. The van der Waals surface area contributed by atoms with Crippen molar-refractivity contribution in [2.45, 2.75) is 6.43 Å². The summed E-state index contributed by atoms with van der Waals surface area (Å²) in [4.78, 5) is 20.1. The summed E-state index contributed by atoms with van der Waals surface area (Å²) in [6.45, 7) is -1.03. The third-order valence-corrected chi connectivity index (χ3v) is 0.714. The summed E-state index contributed by atoms with van der Waals surface area (Å²) in [7, 11) is 0. The van der Waals surface area contributed by atoms with Crippen molar-refractivity contribution in [2.24, 2.45) is 0 Å². The van der Waals surface area contributed by atoms with Crippen LogP contribution in [0.15, 0.2) is 12.2 Å². The van der Waals surface area contributed by atoms with Crippen LogP contribution in [0.1, 0.15) is 0 Å². The van der Waals surface area contributed by atoms with E-state index in [9.17, 15) is 18.4 Å². The number of halogens is 2. The zero-order valence-electron chi connectivity index (χ0n) is 5.87. The summed E-state index contributed by atoms with van der Waals surface area (Å²) in [5.41, 5.74) is 0. The van der Waals surface area contributed by atoms with Crippen LogP contribution in [0.3, 0.4) is 0 Å². The summed E-state index contributed by atoms with van der Waals surface area (Å²) >= 11 is 0. The molecule has 0 saturated heterocycles. The van der Waals surface area contributed by atoms with E-state index in [0.717, 1.165) is 0 Å². The van der Waals surface area contributed by atoms with Gasteiger partial charge in [-0.25, -0.2) is 18.4 Å². The van der Waals surface area contributed by atoms with E-state index in [2.05, 4.69) is 4.74 Å². The average molecular weight is 180 g/mol. The van der Waals surface area contributed by atoms with Crippen LogP contribution in [0, 0.1) is 0 Å². The van der Waals surface area contributed by atoms with Crippen molar-refractivity contribution in [3.05, 3.63) is 12.2 Å². The predicted octanol–water partition coefficient (Wildman–Crippen LogP) is 0.435. The van der Waals surface area contributed by atoms with Gasteiger partial charge in [-0.3, -0.25) is 0 Å². The highest BCUT2D eigenvalue weighted by Gasteiger charge is 2.05. The maximum atomic E-state index is 11.4. The number of carboxylic acids is 1. The fraction of sp³-hybridized carbons (Fsp3) is 0.333. The summed E-state index contributed by atoms with van der Waals surface area (Å²) in [5, 5.41) is 8.00. The summed E-state index contributed by atoms with van der Waals surface area (Å²) in [6.07, 6.45) is -1.68. The smallest absolute Gasteiger partial charge is 0.331 e. The molecule has 0 heterocycles. The molecule has 0 bridgehead atoms. The quantitative estimate of drug-likeness (QED) is 0.503. The van der Waals surface area contributed by atoms with E-state index in [1.54, 1.807) is 0 Å². The lowest BCUT2D eigenvalue weighted by Crippen LogP contribution is -2.09. The lowest BCUT2D eigenvalue weighted by Gasteiger charge is -1.98. The zero-order valence-corrected chi connectivity index (χ0v) is 5.87. The standard InChI is InChI=1S/C6H6F2O4/c7-4(8)3-12-6(11)2-1-5(9)10/h1-2,4H,3H2,(H,9,10)/b2-1+. The van der Waals surface area contributed by atoms with Gasteiger partial charge in [0.05, 0.1) is 0 Å². The Bertz CT molecular complexity index is 200. The predicted molar refractivity (Wildman–Crippen MR) is 33.7 cm³/mol. The van der Waals surface area contributed by atoms with Gasteiger partial charge in [-0.2, -0.15) is 0 Å². The molecule has 4 nitrogen and oxygen atoms in total. The maximum Gasteiger partial charge on any atom is 0.331 e. The van der Waals surface area contributed by atoms with Gasteiger partial charge < -0.3 is 9.84 Å². The van der Waals surface area contributed by atoms with Gasteiger partial charge >= 0.3 is 11.9 Å².